The monoisotopic (exact) mass is 207 g/mol. The van der Waals surface area contributed by atoms with Crippen molar-refractivity contribution in [2.75, 3.05) is 6.61 Å². The summed E-state index contributed by atoms with van der Waals surface area (Å²) in [6.45, 7) is 6.55. The van der Waals surface area contributed by atoms with E-state index >= 15 is 0 Å². The molecule has 0 saturated heterocycles. The van der Waals surface area contributed by atoms with E-state index in [4.69, 9.17) is 0 Å². The van der Waals surface area contributed by atoms with Crippen molar-refractivity contribution in [3.05, 3.63) is 35.9 Å². The summed E-state index contributed by atoms with van der Waals surface area (Å²) in [7, 11) is 0. The summed E-state index contributed by atoms with van der Waals surface area (Å²) in [4.78, 5) is 0. The first-order valence-corrected chi connectivity index (χ1v) is 5.57. The van der Waals surface area contributed by atoms with E-state index in [1.54, 1.807) is 0 Å². The summed E-state index contributed by atoms with van der Waals surface area (Å²) in [5.41, 5.74) is 1.26. The predicted molar refractivity (Wildman–Crippen MR) is 63.7 cm³/mol. The van der Waals surface area contributed by atoms with Crippen molar-refractivity contribution in [2.24, 2.45) is 5.92 Å². The van der Waals surface area contributed by atoms with Crippen molar-refractivity contribution in [3.8, 4) is 0 Å². The van der Waals surface area contributed by atoms with Gasteiger partial charge in [-0.2, -0.15) is 0 Å². The van der Waals surface area contributed by atoms with Gasteiger partial charge in [0.1, 0.15) is 0 Å². The van der Waals surface area contributed by atoms with Crippen molar-refractivity contribution >= 4 is 0 Å². The highest BCUT2D eigenvalue weighted by Gasteiger charge is 2.15. The highest BCUT2D eigenvalue weighted by atomic mass is 16.3. The smallest absolute Gasteiger partial charge is 0.0587 e. The lowest BCUT2D eigenvalue weighted by Gasteiger charge is -2.24. The van der Waals surface area contributed by atoms with Gasteiger partial charge in [0.05, 0.1) is 6.61 Å². The van der Waals surface area contributed by atoms with Gasteiger partial charge in [-0.1, -0.05) is 44.2 Å². The van der Waals surface area contributed by atoms with Crippen LogP contribution < -0.4 is 5.32 Å². The fourth-order valence-electron chi connectivity index (χ4n) is 1.62. The van der Waals surface area contributed by atoms with Crippen LogP contribution in [0.2, 0.25) is 0 Å². The quantitative estimate of drug-likeness (QED) is 0.777. The SMILES string of the molecule is CC(NC(CO)C(C)C)c1ccccc1. The molecule has 2 atom stereocenters. The molecule has 0 amide bonds. The van der Waals surface area contributed by atoms with Gasteiger partial charge in [0, 0.05) is 12.1 Å². The van der Waals surface area contributed by atoms with Crippen LogP contribution in [0.25, 0.3) is 0 Å². The molecule has 1 aromatic carbocycles. The Bertz CT molecular complexity index is 271. The molecule has 2 heteroatoms. The third-order valence-electron chi connectivity index (χ3n) is 2.77. The molecule has 0 radical (unpaired) electrons. The zero-order valence-corrected chi connectivity index (χ0v) is 9.77. The molecule has 0 aliphatic rings. The van der Waals surface area contributed by atoms with Crippen molar-refractivity contribution in [3.63, 3.8) is 0 Å². The molecule has 0 aliphatic carbocycles. The van der Waals surface area contributed by atoms with E-state index in [0.717, 1.165) is 0 Å². The second-order valence-corrected chi connectivity index (χ2v) is 4.33. The van der Waals surface area contributed by atoms with E-state index in [9.17, 15) is 5.11 Å². The lowest BCUT2D eigenvalue weighted by molar-refractivity contribution is 0.201. The Morgan fingerprint density at radius 3 is 2.20 bits per heavy atom. The predicted octanol–water partition coefficient (Wildman–Crippen LogP) is 2.35. The molecule has 0 bridgehead atoms. The van der Waals surface area contributed by atoms with Crippen LogP contribution in [0.3, 0.4) is 0 Å². The maximum absolute atomic E-state index is 9.23. The molecule has 1 aromatic rings. The minimum Gasteiger partial charge on any atom is -0.395 e. The van der Waals surface area contributed by atoms with E-state index in [1.807, 2.05) is 18.2 Å². The Hall–Kier alpha value is -0.860. The summed E-state index contributed by atoms with van der Waals surface area (Å²) >= 11 is 0. The van der Waals surface area contributed by atoms with Crippen LogP contribution in [0.15, 0.2) is 30.3 Å². The fraction of sp³-hybridized carbons (Fsp3) is 0.538. The van der Waals surface area contributed by atoms with Crippen LogP contribution in [0.5, 0.6) is 0 Å². The van der Waals surface area contributed by atoms with Gasteiger partial charge >= 0.3 is 0 Å². The Morgan fingerprint density at radius 2 is 1.73 bits per heavy atom. The summed E-state index contributed by atoms with van der Waals surface area (Å²) in [6, 6.07) is 10.8. The summed E-state index contributed by atoms with van der Waals surface area (Å²) in [5.74, 6) is 0.446. The molecule has 0 spiro atoms. The van der Waals surface area contributed by atoms with Crippen molar-refractivity contribution in [1.29, 1.82) is 0 Å². The first-order valence-electron chi connectivity index (χ1n) is 5.57. The molecule has 0 aromatic heterocycles. The molecule has 0 saturated carbocycles. The minimum absolute atomic E-state index is 0.167. The third-order valence-corrected chi connectivity index (χ3v) is 2.77. The van der Waals surface area contributed by atoms with E-state index in [1.165, 1.54) is 5.56 Å². The number of hydrogen-bond acceptors (Lipinski definition) is 2. The van der Waals surface area contributed by atoms with Crippen LogP contribution >= 0.6 is 0 Å². The van der Waals surface area contributed by atoms with Gasteiger partial charge in [0.25, 0.3) is 0 Å². The number of aliphatic hydroxyl groups excluding tert-OH is 1. The van der Waals surface area contributed by atoms with Crippen LogP contribution in [0, 0.1) is 5.92 Å². The molecule has 2 unspecified atom stereocenters. The number of nitrogens with one attached hydrogen (secondary N) is 1. The third kappa shape index (κ3) is 3.65. The van der Waals surface area contributed by atoms with Gasteiger partial charge in [0.2, 0.25) is 0 Å². The number of aliphatic hydroxyl groups is 1. The fourth-order valence-corrected chi connectivity index (χ4v) is 1.62. The zero-order valence-electron chi connectivity index (χ0n) is 9.77. The molecule has 15 heavy (non-hydrogen) atoms. The summed E-state index contributed by atoms with van der Waals surface area (Å²) < 4.78 is 0. The molecule has 2 N–H and O–H groups in total. The normalized spacial score (nSPS) is 15.3. The summed E-state index contributed by atoms with van der Waals surface area (Å²) in [6.07, 6.45) is 0. The molecule has 0 aliphatic heterocycles. The Kier molecular flexibility index (Phi) is 4.79. The molecular weight excluding hydrogens is 186 g/mol. The number of benzene rings is 1. The second kappa shape index (κ2) is 5.89. The average Bonchev–Trinajstić information content (AvgIpc) is 2.26. The molecular formula is C13H21NO. The van der Waals surface area contributed by atoms with E-state index in [-0.39, 0.29) is 18.7 Å². The standard InChI is InChI=1S/C13H21NO/c1-10(2)13(9-15)14-11(3)12-7-5-4-6-8-12/h4-8,10-11,13-15H,9H2,1-3H3. The second-order valence-electron chi connectivity index (χ2n) is 4.33. The Balaban J connectivity index is 2.58. The Morgan fingerprint density at radius 1 is 1.13 bits per heavy atom. The first kappa shape index (κ1) is 12.2. The molecule has 84 valence electrons. The van der Waals surface area contributed by atoms with Gasteiger partial charge in [-0.3, -0.25) is 0 Å². The van der Waals surface area contributed by atoms with Crippen molar-refractivity contribution in [1.82, 2.24) is 5.32 Å². The first-order chi connectivity index (χ1) is 7.15. The summed E-state index contributed by atoms with van der Waals surface area (Å²) in [5, 5.41) is 12.7. The topological polar surface area (TPSA) is 32.3 Å². The van der Waals surface area contributed by atoms with E-state index in [0.29, 0.717) is 5.92 Å². The van der Waals surface area contributed by atoms with Gasteiger partial charge in [0.15, 0.2) is 0 Å². The van der Waals surface area contributed by atoms with Crippen LogP contribution in [0.4, 0.5) is 0 Å². The van der Waals surface area contributed by atoms with Crippen LogP contribution in [0.1, 0.15) is 32.4 Å². The van der Waals surface area contributed by atoms with Crippen molar-refractivity contribution in [2.45, 2.75) is 32.9 Å². The average molecular weight is 207 g/mol. The van der Waals surface area contributed by atoms with Gasteiger partial charge in [-0.25, -0.2) is 0 Å². The van der Waals surface area contributed by atoms with Crippen LogP contribution in [-0.4, -0.2) is 17.8 Å². The van der Waals surface area contributed by atoms with E-state index in [2.05, 4.69) is 38.2 Å². The van der Waals surface area contributed by atoms with E-state index < -0.39 is 0 Å². The molecule has 1 rings (SSSR count). The molecule has 0 fully saturated rings. The van der Waals surface area contributed by atoms with Crippen LogP contribution in [-0.2, 0) is 0 Å². The minimum atomic E-state index is 0.167. The maximum Gasteiger partial charge on any atom is 0.0587 e. The number of hydrogen-bond donors (Lipinski definition) is 2. The Labute approximate surface area is 92.3 Å². The molecule has 0 heterocycles. The largest absolute Gasteiger partial charge is 0.395 e. The number of rotatable bonds is 5. The zero-order chi connectivity index (χ0) is 11.3. The maximum atomic E-state index is 9.23. The van der Waals surface area contributed by atoms with Gasteiger partial charge in [-0.05, 0) is 18.4 Å². The highest BCUT2D eigenvalue weighted by molar-refractivity contribution is 5.18. The highest BCUT2D eigenvalue weighted by Crippen LogP contribution is 2.14. The molecule has 2 nitrogen and oxygen atoms in total. The lowest BCUT2D eigenvalue weighted by Crippen LogP contribution is -2.38. The van der Waals surface area contributed by atoms with Crippen molar-refractivity contribution < 1.29 is 5.11 Å². The van der Waals surface area contributed by atoms with Gasteiger partial charge < -0.3 is 10.4 Å². The van der Waals surface area contributed by atoms with Gasteiger partial charge in [-0.15, -0.1) is 0 Å². The lowest BCUT2D eigenvalue weighted by atomic mass is 10.0.